The summed E-state index contributed by atoms with van der Waals surface area (Å²) in [5, 5.41) is 16.5. The molecule has 3 aromatic rings. The van der Waals surface area contributed by atoms with Crippen LogP contribution in [0.2, 0.25) is 0 Å². The van der Waals surface area contributed by atoms with Crippen molar-refractivity contribution in [2.45, 2.75) is 31.7 Å². The van der Waals surface area contributed by atoms with Gasteiger partial charge in [-0.2, -0.15) is 4.52 Å². The summed E-state index contributed by atoms with van der Waals surface area (Å²) in [4.78, 5) is 9.16. The van der Waals surface area contributed by atoms with E-state index in [0.29, 0.717) is 12.0 Å². The van der Waals surface area contributed by atoms with Crippen molar-refractivity contribution in [2.24, 2.45) is 0 Å². The molecule has 0 N–H and O–H groups in total. The van der Waals surface area contributed by atoms with Gasteiger partial charge in [-0.25, -0.2) is 4.98 Å². The number of rotatable bonds is 4. The molecule has 2 aliphatic rings. The Morgan fingerprint density at radius 3 is 2.75 bits per heavy atom. The summed E-state index contributed by atoms with van der Waals surface area (Å²) in [7, 11) is 2.13. The highest BCUT2D eigenvalue weighted by Gasteiger charge is 2.33. The first-order valence-electron chi connectivity index (χ1n) is 8.31. The Morgan fingerprint density at radius 2 is 2.04 bits per heavy atom. The van der Waals surface area contributed by atoms with Crippen LogP contribution in [-0.4, -0.2) is 51.0 Å². The van der Waals surface area contributed by atoms with Crippen LogP contribution in [0.4, 0.5) is 10.9 Å². The lowest BCUT2D eigenvalue weighted by molar-refractivity contribution is 0.488. The fraction of sp³-hybridized carbons (Fsp3) is 0.500. The number of likely N-dealkylation sites (N-methyl/N-ethyl adjacent to an activating group) is 1. The van der Waals surface area contributed by atoms with Crippen molar-refractivity contribution in [2.75, 3.05) is 29.9 Å². The van der Waals surface area contributed by atoms with E-state index in [-0.39, 0.29) is 0 Å². The summed E-state index contributed by atoms with van der Waals surface area (Å²) < 4.78 is 1.92. The fourth-order valence-electron chi connectivity index (χ4n) is 3.11. The van der Waals surface area contributed by atoms with Crippen molar-refractivity contribution in [3.05, 3.63) is 29.0 Å². The van der Waals surface area contributed by atoms with Gasteiger partial charge < -0.3 is 9.80 Å². The van der Waals surface area contributed by atoms with Crippen LogP contribution in [0, 0.1) is 6.92 Å². The zero-order valence-electron chi connectivity index (χ0n) is 13.8. The van der Waals surface area contributed by atoms with Gasteiger partial charge in [-0.05, 0) is 31.9 Å². The van der Waals surface area contributed by atoms with Crippen molar-refractivity contribution in [3.63, 3.8) is 0 Å². The first-order valence-corrected chi connectivity index (χ1v) is 9.19. The molecule has 5 rings (SSSR count). The maximum Gasteiger partial charge on any atom is 0.185 e. The van der Waals surface area contributed by atoms with Gasteiger partial charge in [-0.3, -0.25) is 0 Å². The largest absolute Gasteiger partial charge is 0.351 e. The number of anilines is 2. The highest BCUT2D eigenvalue weighted by Crippen LogP contribution is 2.39. The summed E-state index contributed by atoms with van der Waals surface area (Å²) in [6, 6.07) is 4.55. The van der Waals surface area contributed by atoms with Crippen molar-refractivity contribution in [1.29, 1.82) is 0 Å². The first kappa shape index (κ1) is 14.2. The molecule has 24 heavy (non-hydrogen) atoms. The topological polar surface area (TPSA) is 62.5 Å². The molecule has 7 nitrogen and oxygen atoms in total. The lowest BCUT2D eigenvalue weighted by atomic mass is 10.1. The SMILES string of the molecule is Cc1csc(N(C)C2CN(c3ccc4nnc(C5CC5)n4n3)C2)n1. The number of thiazole rings is 1. The lowest BCUT2D eigenvalue weighted by Gasteiger charge is -2.44. The summed E-state index contributed by atoms with van der Waals surface area (Å²) in [5.41, 5.74) is 1.93. The maximum atomic E-state index is 4.78. The molecule has 0 unspecified atom stereocenters. The third kappa shape index (κ3) is 2.24. The Balaban J connectivity index is 1.33. The Labute approximate surface area is 143 Å². The second-order valence-corrected chi connectivity index (χ2v) is 7.57. The molecule has 2 fully saturated rings. The zero-order chi connectivity index (χ0) is 16.3. The molecular weight excluding hydrogens is 322 g/mol. The van der Waals surface area contributed by atoms with Crippen LogP contribution in [-0.2, 0) is 0 Å². The normalized spacial score (nSPS) is 18.2. The number of aryl methyl sites for hydroxylation is 1. The molecule has 0 atom stereocenters. The number of hydrogen-bond donors (Lipinski definition) is 0. The minimum atomic E-state index is 0.483. The van der Waals surface area contributed by atoms with Gasteiger partial charge in [-0.1, -0.05) is 0 Å². The quantitative estimate of drug-likeness (QED) is 0.724. The van der Waals surface area contributed by atoms with Gasteiger partial charge in [0.15, 0.2) is 16.6 Å². The standard InChI is InChI=1S/C16H19N7S/c1-10-9-24-16(17-10)21(2)12-7-22(8-12)14-6-5-13-18-19-15(11-3-4-11)23(13)20-14/h5-6,9,11-12H,3-4,7-8H2,1-2H3. The van der Waals surface area contributed by atoms with Gasteiger partial charge in [0, 0.05) is 31.4 Å². The molecule has 1 aliphatic carbocycles. The van der Waals surface area contributed by atoms with Crippen molar-refractivity contribution in [3.8, 4) is 0 Å². The Kier molecular flexibility index (Phi) is 3.03. The van der Waals surface area contributed by atoms with E-state index in [2.05, 4.69) is 37.4 Å². The van der Waals surface area contributed by atoms with Crippen LogP contribution in [0.1, 0.15) is 30.3 Å². The van der Waals surface area contributed by atoms with E-state index in [1.165, 1.54) is 12.8 Å². The van der Waals surface area contributed by atoms with Crippen LogP contribution in [0.5, 0.6) is 0 Å². The van der Waals surface area contributed by atoms with Gasteiger partial charge in [0.25, 0.3) is 0 Å². The van der Waals surface area contributed by atoms with Gasteiger partial charge in [0.2, 0.25) is 0 Å². The molecule has 0 amide bonds. The molecule has 124 valence electrons. The average molecular weight is 341 g/mol. The zero-order valence-corrected chi connectivity index (χ0v) is 14.6. The second-order valence-electron chi connectivity index (χ2n) is 6.74. The molecule has 8 heteroatoms. The van der Waals surface area contributed by atoms with Crippen LogP contribution < -0.4 is 9.80 Å². The van der Waals surface area contributed by atoms with Crippen molar-refractivity contribution >= 4 is 27.9 Å². The predicted octanol–water partition coefficient (Wildman–Crippen LogP) is 2.09. The van der Waals surface area contributed by atoms with Crippen molar-refractivity contribution in [1.82, 2.24) is 24.8 Å². The fourth-order valence-corrected chi connectivity index (χ4v) is 3.95. The van der Waals surface area contributed by atoms with E-state index in [1.807, 2.05) is 23.6 Å². The number of aromatic nitrogens is 5. The first-order chi connectivity index (χ1) is 11.7. The second kappa shape index (κ2) is 5.14. The Morgan fingerprint density at radius 1 is 1.21 bits per heavy atom. The molecule has 1 aliphatic heterocycles. The maximum absolute atomic E-state index is 4.78. The summed E-state index contributed by atoms with van der Waals surface area (Å²) in [6.07, 6.45) is 2.41. The van der Waals surface area contributed by atoms with E-state index in [1.54, 1.807) is 11.3 Å². The highest BCUT2D eigenvalue weighted by atomic mass is 32.1. The summed E-state index contributed by atoms with van der Waals surface area (Å²) in [6.45, 7) is 3.97. The summed E-state index contributed by atoms with van der Waals surface area (Å²) in [5.74, 6) is 2.56. The van der Waals surface area contributed by atoms with Crippen LogP contribution >= 0.6 is 11.3 Å². The monoisotopic (exact) mass is 341 g/mol. The average Bonchev–Trinajstić information content (AvgIpc) is 3.14. The van der Waals surface area contributed by atoms with Crippen LogP contribution in [0.25, 0.3) is 5.65 Å². The van der Waals surface area contributed by atoms with Gasteiger partial charge in [0.05, 0.1) is 11.7 Å². The van der Waals surface area contributed by atoms with Crippen molar-refractivity contribution < 1.29 is 0 Å². The summed E-state index contributed by atoms with van der Waals surface area (Å²) >= 11 is 1.71. The predicted molar refractivity (Wildman–Crippen MR) is 94.0 cm³/mol. The van der Waals surface area contributed by atoms with Gasteiger partial charge in [-0.15, -0.1) is 26.6 Å². The van der Waals surface area contributed by atoms with Crippen LogP contribution in [0.3, 0.4) is 0 Å². The minimum Gasteiger partial charge on any atom is -0.351 e. The van der Waals surface area contributed by atoms with E-state index in [0.717, 1.165) is 41.2 Å². The smallest absolute Gasteiger partial charge is 0.185 e. The molecule has 0 aromatic carbocycles. The molecule has 0 radical (unpaired) electrons. The minimum absolute atomic E-state index is 0.483. The van der Waals surface area contributed by atoms with Gasteiger partial charge in [0.1, 0.15) is 5.82 Å². The van der Waals surface area contributed by atoms with Crippen LogP contribution in [0.15, 0.2) is 17.5 Å². The Bertz CT molecular complexity index is 891. The van der Waals surface area contributed by atoms with E-state index >= 15 is 0 Å². The van der Waals surface area contributed by atoms with Gasteiger partial charge >= 0.3 is 0 Å². The molecule has 0 bridgehead atoms. The van der Waals surface area contributed by atoms with E-state index < -0.39 is 0 Å². The number of hydrogen-bond acceptors (Lipinski definition) is 7. The van der Waals surface area contributed by atoms with E-state index in [4.69, 9.17) is 5.10 Å². The third-order valence-electron chi connectivity index (χ3n) is 4.86. The third-order valence-corrected chi connectivity index (χ3v) is 5.91. The Hall–Kier alpha value is -2.22. The molecule has 0 spiro atoms. The number of nitrogens with zero attached hydrogens (tertiary/aromatic N) is 7. The van der Waals surface area contributed by atoms with E-state index in [9.17, 15) is 0 Å². The number of fused-ring (bicyclic) bond motifs is 1. The molecular formula is C16H19N7S. The highest BCUT2D eigenvalue weighted by molar-refractivity contribution is 7.13. The lowest BCUT2D eigenvalue weighted by Crippen LogP contribution is -2.59. The molecule has 1 saturated heterocycles. The molecule has 1 saturated carbocycles. The molecule has 3 aromatic heterocycles. The molecule has 4 heterocycles.